The fraction of sp³-hybridized carbons (Fsp3) is 0.176. The Hall–Kier alpha value is -2.80. The largest absolute Gasteiger partial charge is 0.381 e. The van der Waals surface area contributed by atoms with Gasteiger partial charge in [0.1, 0.15) is 0 Å². The Morgan fingerprint density at radius 2 is 1.95 bits per heavy atom. The highest BCUT2D eigenvalue weighted by Crippen LogP contribution is 2.19. The molecule has 4 nitrogen and oxygen atoms in total. The first kappa shape index (κ1) is 14.6. The van der Waals surface area contributed by atoms with Gasteiger partial charge in [-0.3, -0.25) is 4.79 Å². The average molecular weight is 279 g/mol. The number of aryl methyl sites for hydroxylation is 2. The zero-order valence-corrected chi connectivity index (χ0v) is 12.1. The lowest BCUT2D eigenvalue weighted by Gasteiger charge is -2.12. The number of nitrogens with one attached hydrogen (secondary N) is 1. The van der Waals surface area contributed by atoms with E-state index < -0.39 is 5.91 Å². The summed E-state index contributed by atoms with van der Waals surface area (Å²) in [6.45, 7) is 4.56. The maximum atomic E-state index is 11.1. The van der Waals surface area contributed by atoms with Crippen LogP contribution in [0.25, 0.3) is 0 Å². The third kappa shape index (κ3) is 3.40. The number of nitriles is 1. The van der Waals surface area contributed by atoms with E-state index in [1.807, 2.05) is 32.0 Å². The van der Waals surface area contributed by atoms with E-state index in [1.165, 1.54) is 0 Å². The fourth-order valence-electron chi connectivity index (χ4n) is 2.12. The van der Waals surface area contributed by atoms with E-state index in [-0.39, 0.29) is 0 Å². The van der Waals surface area contributed by atoms with E-state index >= 15 is 0 Å². The van der Waals surface area contributed by atoms with Crippen molar-refractivity contribution in [3.63, 3.8) is 0 Å². The van der Waals surface area contributed by atoms with Crippen LogP contribution in [-0.4, -0.2) is 5.91 Å². The molecular formula is C17H17N3O. The minimum Gasteiger partial charge on any atom is -0.381 e. The van der Waals surface area contributed by atoms with Gasteiger partial charge in [-0.15, -0.1) is 0 Å². The molecule has 0 unspecified atom stereocenters. The number of rotatable bonds is 4. The molecule has 0 atom stereocenters. The van der Waals surface area contributed by atoms with E-state index in [1.54, 1.807) is 18.2 Å². The molecule has 0 aliphatic heterocycles. The summed E-state index contributed by atoms with van der Waals surface area (Å²) in [6.07, 6.45) is 0. The Kier molecular flexibility index (Phi) is 4.24. The summed E-state index contributed by atoms with van der Waals surface area (Å²) in [4.78, 5) is 11.1. The fourth-order valence-corrected chi connectivity index (χ4v) is 2.12. The van der Waals surface area contributed by atoms with Crippen LogP contribution >= 0.6 is 0 Å². The third-order valence-corrected chi connectivity index (χ3v) is 3.46. The molecule has 0 aliphatic carbocycles. The van der Waals surface area contributed by atoms with Crippen molar-refractivity contribution in [2.45, 2.75) is 20.4 Å². The molecule has 0 aliphatic rings. The van der Waals surface area contributed by atoms with Gasteiger partial charge in [0.15, 0.2) is 0 Å². The number of amides is 1. The molecule has 0 bridgehead atoms. The molecule has 2 aromatic rings. The van der Waals surface area contributed by atoms with Crippen LogP contribution in [0.4, 0.5) is 5.69 Å². The molecule has 106 valence electrons. The van der Waals surface area contributed by atoms with E-state index in [0.717, 1.165) is 22.4 Å². The summed E-state index contributed by atoms with van der Waals surface area (Å²) in [5.41, 5.74) is 10.5. The van der Waals surface area contributed by atoms with Gasteiger partial charge in [-0.1, -0.05) is 12.1 Å². The van der Waals surface area contributed by atoms with Gasteiger partial charge >= 0.3 is 0 Å². The van der Waals surface area contributed by atoms with Crippen molar-refractivity contribution in [2.75, 3.05) is 5.32 Å². The van der Waals surface area contributed by atoms with Crippen molar-refractivity contribution in [3.8, 4) is 6.07 Å². The summed E-state index contributed by atoms with van der Waals surface area (Å²) in [7, 11) is 0. The number of benzene rings is 2. The number of hydrogen-bond acceptors (Lipinski definition) is 3. The number of hydrogen-bond donors (Lipinski definition) is 2. The molecule has 2 aromatic carbocycles. The lowest BCUT2D eigenvalue weighted by molar-refractivity contribution is 0.1000. The number of nitrogens with zero attached hydrogens (tertiary/aromatic N) is 1. The molecule has 3 N–H and O–H groups in total. The van der Waals surface area contributed by atoms with E-state index in [2.05, 4.69) is 11.4 Å². The van der Waals surface area contributed by atoms with E-state index in [4.69, 9.17) is 11.0 Å². The van der Waals surface area contributed by atoms with Crippen molar-refractivity contribution >= 4 is 11.6 Å². The van der Waals surface area contributed by atoms with Gasteiger partial charge in [0.25, 0.3) is 0 Å². The number of anilines is 1. The Bertz CT molecular complexity index is 729. The Balaban J connectivity index is 2.17. The third-order valence-electron chi connectivity index (χ3n) is 3.46. The predicted molar refractivity (Wildman–Crippen MR) is 82.9 cm³/mol. The second-order valence-electron chi connectivity index (χ2n) is 5.00. The van der Waals surface area contributed by atoms with Crippen LogP contribution in [0, 0.1) is 25.2 Å². The second kappa shape index (κ2) is 6.10. The quantitative estimate of drug-likeness (QED) is 0.903. The van der Waals surface area contributed by atoms with Crippen LogP contribution in [0.2, 0.25) is 0 Å². The lowest BCUT2D eigenvalue weighted by Crippen LogP contribution is -2.12. The van der Waals surface area contributed by atoms with Gasteiger partial charge in [-0.05, 0) is 54.8 Å². The highest BCUT2D eigenvalue weighted by Gasteiger charge is 2.05. The highest BCUT2D eigenvalue weighted by atomic mass is 16.1. The summed E-state index contributed by atoms with van der Waals surface area (Å²) in [5, 5.41) is 12.3. The molecule has 0 saturated carbocycles. The van der Waals surface area contributed by atoms with Crippen LogP contribution < -0.4 is 11.1 Å². The molecule has 0 radical (unpaired) electrons. The molecule has 1 amide bonds. The van der Waals surface area contributed by atoms with Gasteiger partial charge in [-0.25, -0.2) is 0 Å². The molecular weight excluding hydrogens is 262 g/mol. The molecule has 0 spiro atoms. The Morgan fingerprint density at radius 3 is 2.57 bits per heavy atom. The summed E-state index contributed by atoms with van der Waals surface area (Å²) < 4.78 is 0. The van der Waals surface area contributed by atoms with Crippen molar-refractivity contribution in [2.24, 2.45) is 5.73 Å². The minimum atomic E-state index is -0.421. The molecule has 21 heavy (non-hydrogen) atoms. The molecule has 2 rings (SSSR count). The molecule has 0 aromatic heterocycles. The molecule has 0 heterocycles. The van der Waals surface area contributed by atoms with E-state index in [0.29, 0.717) is 17.7 Å². The zero-order chi connectivity index (χ0) is 15.4. The first-order valence-electron chi connectivity index (χ1n) is 6.65. The van der Waals surface area contributed by atoms with Crippen LogP contribution in [-0.2, 0) is 6.54 Å². The van der Waals surface area contributed by atoms with Crippen molar-refractivity contribution in [1.82, 2.24) is 0 Å². The van der Waals surface area contributed by atoms with Gasteiger partial charge < -0.3 is 11.1 Å². The number of carbonyl (C=O) groups excluding carboxylic acids is 1. The molecule has 0 saturated heterocycles. The first-order valence-corrected chi connectivity index (χ1v) is 6.65. The smallest absolute Gasteiger partial charge is 0.248 e. The summed E-state index contributed by atoms with van der Waals surface area (Å²) in [5.74, 6) is -0.421. The van der Waals surface area contributed by atoms with Gasteiger partial charge in [0.2, 0.25) is 5.91 Å². The Labute approximate surface area is 124 Å². The van der Waals surface area contributed by atoms with E-state index in [9.17, 15) is 4.79 Å². The number of primary amides is 1. The average Bonchev–Trinajstić information content (AvgIpc) is 2.47. The maximum absolute atomic E-state index is 11.1. The predicted octanol–water partition coefficient (Wildman–Crippen LogP) is 2.89. The van der Waals surface area contributed by atoms with Crippen LogP contribution in [0.1, 0.15) is 32.6 Å². The standard InChI is InChI=1S/C17H17N3O/c1-11-3-4-13(9-18)8-16(11)20-10-15-6-5-14(17(19)21)7-12(15)2/h3-8,20H,10H2,1-2H3,(H2,19,21). The second-order valence-corrected chi connectivity index (χ2v) is 5.00. The summed E-state index contributed by atoms with van der Waals surface area (Å²) >= 11 is 0. The highest BCUT2D eigenvalue weighted by molar-refractivity contribution is 5.93. The van der Waals surface area contributed by atoms with Gasteiger partial charge in [-0.2, -0.15) is 5.26 Å². The number of carbonyl (C=O) groups is 1. The van der Waals surface area contributed by atoms with Gasteiger partial charge in [0.05, 0.1) is 11.6 Å². The van der Waals surface area contributed by atoms with Crippen molar-refractivity contribution < 1.29 is 4.79 Å². The van der Waals surface area contributed by atoms with Crippen LogP contribution in [0.3, 0.4) is 0 Å². The van der Waals surface area contributed by atoms with Crippen molar-refractivity contribution in [3.05, 3.63) is 64.2 Å². The monoisotopic (exact) mass is 279 g/mol. The van der Waals surface area contributed by atoms with Crippen LogP contribution in [0.5, 0.6) is 0 Å². The number of nitrogens with two attached hydrogens (primary N) is 1. The molecule has 0 fully saturated rings. The lowest BCUT2D eigenvalue weighted by atomic mass is 10.0. The SMILES string of the molecule is Cc1cc(C(N)=O)ccc1CNc1cc(C#N)ccc1C. The molecule has 4 heteroatoms. The first-order chi connectivity index (χ1) is 10.0. The zero-order valence-electron chi connectivity index (χ0n) is 12.1. The maximum Gasteiger partial charge on any atom is 0.248 e. The van der Waals surface area contributed by atoms with Crippen LogP contribution in [0.15, 0.2) is 36.4 Å². The van der Waals surface area contributed by atoms with Crippen molar-refractivity contribution in [1.29, 1.82) is 5.26 Å². The minimum absolute atomic E-state index is 0.421. The normalized spacial score (nSPS) is 9.95. The van der Waals surface area contributed by atoms with Gasteiger partial charge in [0, 0.05) is 17.8 Å². The summed E-state index contributed by atoms with van der Waals surface area (Å²) in [6, 6.07) is 13.1. The Morgan fingerprint density at radius 1 is 1.19 bits per heavy atom. The topological polar surface area (TPSA) is 78.9 Å².